The molecule has 0 amide bonds. The highest BCUT2D eigenvalue weighted by atomic mass is 19.1. The Balaban J connectivity index is 2.22. The number of hydrogen-bond donors (Lipinski definition) is 0. The average molecular weight is 291 g/mol. The van der Waals surface area contributed by atoms with Crippen LogP contribution in [-0.2, 0) is 9.59 Å². The highest BCUT2D eigenvalue weighted by Gasteiger charge is 2.43. The molecule has 0 saturated heterocycles. The number of rotatable bonds is 5. The van der Waals surface area contributed by atoms with Gasteiger partial charge in [0.25, 0.3) is 0 Å². The SMILES string of the molecule is CCN(CC)CC1CC(=O)C(c2ccc(C)cc2F)C1=O. The lowest BCUT2D eigenvalue weighted by Crippen LogP contribution is -2.31. The van der Waals surface area contributed by atoms with Crippen molar-refractivity contribution in [2.75, 3.05) is 19.6 Å². The maximum Gasteiger partial charge on any atom is 0.152 e. The van der Waals surface area contributed by atoms with Crippen LogP contribution in [0.2, 0.25) is 0 Å². The lowest BCUT2D eigenvalue weighted by molar-refractivity contribution is -0.125. The van der Waals surface area contributed by atoms with E-state index in [2.05, 4.69) is 4.90 Å². The highest BCUT2D eigenvalue weighted by Crippen LogP contribution is 2.34. The predicted molar refractivity (Wildman–Crippen MR) is 79.8 cm³/mol. The Morgan fingerprint density at radius 3 is 2.48 bits per heavy atom. The van der Waals surface area contributed by atoms with Gasteiger partial charge in [0, 0.05) is 24.4 Å². The number of nitrogens with zero attached hydrogens (tertiary/aromatic N) is 1. The molecule has 0 aromatic heterocycles. The van der Waals surface area contributed by atoms with Crippen LogP contribution in [0.1, 0.15) is 37.3 Å². The number of aryl methyl sites for hydroxylation is 1. The standard InChI is InChI=1S/C17H22FNO2/c1-4-19(5-2)10-12-9-15(20)16(17(12)21)13-7-6-11(3)8-14(13)18/h6-8,12,16H,4-5,9-10H2,1-3H3. The van der Waals surface area contributed by atoms with Gasteiger partial charge in [-0.2, -0.15) is 0 Å². The number of carbonyl (C=O) groups is 2. The Bertz CT molecular complexity index is 552. The summed E-state index contributed by atoms with van der Waals surface area (Å²) in [4.78, 5) is 26.8. The first-order valence-corrected chi connectivity index (χ1v) is 7.52. The summed E-state index contributed by atoms with van der Waals surface area (Å²) in [6.07, 6.45) is 0.229. The zero-order valence-corrected chi connectivity index (χ0v) is 12.9. The summed E-state index contributed by atoms with van der Waals surface area (Å²) < 4.78 is 14.1. The lowest BCUT2D eigenvalue weighted by atomic mass is 9.93. The molecule has 4 heteroatoms. The van der Waals surface area contributed by atoms with E-state index in [-0.39, 0.29) is 29.5 Å². The van der Waals surface area contributed by atoms with Gasteiger partial charge >= 0.3 is 0 Å². The van der Waals surface area contributed by atoms with E-state index in [9.17, 15) is 14.0 Å². The molecule has 3 nitrogen and oxygen atoms in total. The average Bonchev–Trinajstić information content (AvgIpc) is 2.71. The fourth-order valence-electron chi connectivity index (χ4n) is 3.00. The van der Waals surface area contributed by atoms with Gasteiger partial charge in [-0.15, -0.1) is 0 Å². The number of carbonyl (C=O) groups excluding carboxylic acids is 2. The summed E-state index contributed by atoms with van der Waals surface area (Å²) in [5.74, 6) is -1.95. The Kier molecular flexibility index (Phi) is 4.88. The normalized spacial score (nSPS) is 22.3. The maximum absolute atomic E-state index is 14.1. The van der Waals surface area contributed by atoms with Crippen molar-refractivity contribution in [2.24, 2.45) is 5.92 Å². The maximum atomic E-state index is 14.1. The number of halogens is 1. The molecule has 0 radical (unpaired) electrons. The third-order valence-electron chi connectivity index (χ3n) is 4.30. The fourth-order valence-corrected chi connectivity index (χ4v) is 3.00. The molecule has 114 valence electrons. The van der Waals surface area contributed by atoms with Crippen LogP contribution >= 0.6 is 0 Å². The van der Waals surface area contributed by atoms with E-state index in [1.807, 2.05) is 13.8 Å². The van der Waals surface area contributed by atoms with Gasteiger partial charge in [-0.1, -0.05) is 26.0 Å². The minimum absolute atomic E-state index is 0.130. The Morgan fingerprint density at radius 2 is 1.90 bits per heavy atom. The highest BCUT2D eigenvalue weighted by molar-refractivity contribution is 6.14. The van der Waals surface area contributed by atoms with Gasteiger partial charge in [0.05, 0.1) is 0 Å². The Morgan fingerprint density at radius 1 is 1.24 bits per heavy atom. The van der Waals surface area contributed by atoms with Crippen molar-refractivity contribution in [3.05, 3.63) is 35.1 Å². The molecular formula is C17H22FNO2. The first-order valence-electron chi connectivity index (χ1n) is 7.52. The molecule has 2 atom stereocenters. The summed E-state index contributed by atoms with van der Waals surface area (Å²) in [7, 11) is 0. The summed E-state index contributed by atoms with van der Waals surface area (Å²) in [6.45, 7) is 8.12. The Labute approximate surface area is 125 Å². The molecular weight excluding hydrogens is 269 g/mol. The zero-order valence-electron chi connectivity index (χ0n) is 12.9. The third kappa shape index (κ3) is 3.21. The molecule has 1 aromatic carbocycles. The van der Waals surface area contributed by atoms with Crippen LogP contribution in [0.4, 0.5) is 4.39 Å². The van der Waals surface area contributed by atoms with E-state index in [4.69, 9.17) is 0 Å². The van der Waals surface area contributed by atoms with E-state index in [1.165, 1.54) is 6.07 Å². The number of ketones is 2. The van der Waals surface area contributed by atoms with Gasteiger partial charge in [0.2, 0.25) is 0 Å². The molecule has 1 fully saturated rings. The van der Waals surface area contributed by atoms with Crippen molar-refractivity contribution in [1.29, 1.82) is 0 Å². The fraction of sp³-hybridized carbons (Fsp3) is 0.529. The van der Waals surface area contributed by atoms with Gasteiger partial charge in [0.1, 0.15) is 17.5 Å². The predicted octanol–water partition coefficient (Wildman–Crippen LogP) is 2.72. The van der Waals surface area contributed by atoms with Crippen molar-refractivity contribution in [1.82, 2.24) is 4.90 Å². The van der Waals surface area contributed by atoms with Crippen molar-refractivity contribution in [3.63, 3.8) is 0 Å². The first kappa shape index (κ1) is 15.8. The summed E-state index contributed by atoms with van der Waals surface area (Å²) in [6, 6.07) is 4.70. The van der Waals surface area contributed by atoms with Crippen molar-refractivity contribution >= 4 is 11.6 Å². The monoisotopic (exact) mass is 291 g/mol. The molecule has 0 heterocycles. The summed E-state index contributed by atoms with van der Waals surface area (Å²) in [5.41, 5.74) is 1.02. The second kappa shape index (κ2) is 6.48. The van der Waals surface area contributed by atoms with Crippen LogP contribution in [0, 0.1) is 18.7 Å². The molecule has 0 spiro atoms. The van der Waals surface area contributed by atoms with Gasteiger partial charge in [-0.05, 0) is 31.6 Å². The van der Waals surface area contributed by atoms with Crippen LogP contribution in [0.15, 0.2) is 18.2 Å². The number of benzene rings is 1. The summed E-state index contributed by atoms with van der Waals surface area (Å²) >= 11 is 0. The van der Waals surface area contributed by atoms with E-state index in [1.54, 1.807) is 19.1 Å². The van der Waals surface area contributed by atoms with Gasteiger partial charge < -0.3 is 4.90 Å². The topological polar surface area (TPSA) is 37.4 Å². The van der Waals surface area contributed by atoms with Crippen molar-refractivity contribution in [2.45, 2.75) is 33.1 Å². The minimum Gasteiger partial charge on any atom is -0.303 e. The molecule has 0 bridgehead atoms. The van der Waals surface area contributed by atoms with Crippen molar-refractivity contribution in [3.8, 4) is 0 Å². The molecule has 0 N–H and O–H groups in total. The van der Waals surface area contributed by atoms with Gasteiger partial charge in [-0.25, -0.2) is 4.39 Å². The van der Waals surface area contributed by atoms with E-state index >= 15 is 0 Å². The van der Waals surface area contributed by atoms with Crippen LogP contribution in [0.25, 0.3) is 0 Å². The number of hydrogen-bond acceptors (Lipinski definition) is 3. The molecule has 2 rings (SSSR count). The molecule has 21 heavy (non-hydrogen) atoms. The second-order valence-corrected chi connectivity index (χ2v) is 5.71. The molecule has 1 aliphatic carbocycles. The smallest absolute Gasteiger partial charge is 0.152 e. The molecule has 0 aliphatic heterocycles. The largest absolute Gasteiger partial charge is 0.303 e. The van der Waals surface area contributed by atoms with Gasteiger partial charge in [-0.3, -0.25) is 9.59 Å². The first-order chi connectivity index (χ1) is 9.97. The van der Waals surface area contributed by atoms with Crippen LogP contribution in [0.3, 0.4) is 0 Å². The van der Waals surface area contributed by atoms with Crippen LogP contribution in [0.5, 0.6) is 0 Å². The second-order valence-electron chi connectivity index (χ2n) is 5.71. The third-order valence-corrected chi connectivity index (χ3v) is 4.30. The molecule has 1 aromatic rings. The zero-order chi connectivity index (χ0) is 15.6. The Hall–Kier alpha value is -1.55. The lowest BCUT2D eigenvalue weighted by Gasteiger charge is -2.21. The molecule has 2 unspecified atom stereocenters. The van der Waals surface area contributed by atoms with E-state index < -0.39 is 11.7 Å². The molecule has 1 saturated carbocycles. The number of Topliss-reactive ketones (excluding diaryl/α,β-unsaturated/α-hetero) is 2. The van der Waals surface area contributed by atoms with Crippen LogP contribution < -0.4 is 0 Å². The minimum atomic E-state index is -0.911. The van der Waals surface area contributed by atoms with E-state index in [0.29, 0.717) is 6.54 Å². The quantitative estimate of drug-likeness (QED) is 0.783. The van der Waals surface area contributed by atoms with Crippen LogP contribution in [-0.4, -0.2) is 36.1 Å². The van der Waals surface area contributed by atoms with Gasteiger partial charge in [0.15, 0.2) is 5.78 Å². The molecule has 1 aliphatic rings. The summed E-state index contributed by atoms with van der Waals surface area (Å²) in [5, 5.41) is 0. The van der Waals surface area contributed by atoms with E-state index in [0.717, 1.165) is 18.7 Å². The van der Waals surface area contributed by atoms with Crippen molar-refractivity contribution < 1.29 is 14.0 Å².